The molecule has 1 aliphatic rings. The molecule has 1 aliphatic heterocycles. The van der Waals surface area contributed by atoms with Gasteiger partial charge in [-0.3, -0.25) is 9.69 Å². The largest absolute Gasteiger partial charge is 0.493 e. The van der Waals surface area contributed by atoms with E-state index in [0.717, 1.165) is 35.7 Å². The van der Waals surface area contributed by atoms with Crippen molar-refractivity contribution in [1.82, 2.24) is 15.4 Å². The van der Waals surface area contributed by atoms with E-state index < -0.39 is 0 Å². The Kier molecular flexibility index (Phi) is 8.45. The van der Waals surface area contributed by atoms with E-state index in [2.05, 4.69) is 15.4 Å². The summed E-state index contributed by atoms with van der Waals surface area (Å²) in [5.74, 6) is 2.59. The molecule has 2 aromatic carbocycles. The highest BCUT2D eigenvalue weighted by molar-refractivity contribution is 5.94. The van der Waals surface area contributed by atoms with Crippen molar-refractivity contribution in [3.8, 4) is 17.2 Å². The first-order chi connectivity index (χ1) is 17.5. The number of ether oxygens (including phenoxy) is 4. The zero-order valence-corrected chi connectivity index (χ0v) is 21.2. The maximum Gasteiger partial charge on any atom is 0.251 e. The number of rotatable bonds is 10. The lowest BCUT2D eigenvalue weighted by atomic mass is 10.0. The molecular weight excluding hydrogens is 462 g/mol. The molecule has 1 fully saturated rings. The summed E-state index contributed by atoms with van der Waals surface area (Å²) >= 11 is 0. The lowest BCUT2D eigenvalue weighted by Gasteiger charge is -2.35. The van der Waals surface area contributed by atoms with Crippen LogP contribution in [0.25, 0.3) is 0 Å². The highest BCUT2D eigenvalue weighted by Crippen LogP contribution is 2.32. The molecule has 4 rings (SSSR count). The summed E-state index contributed by atoms with van der Waals surface area (Å²) < 4.78 is 27.4. The maximum absolute atomic E-state index is 13.0. The van der Waals surface area contributed by atoms with Gasteiger partial charge in [0.1, 0.15) is 18.1 Å². The van der Waals surface area contributed by atoms with E-state index in [1.807, 2.05) is 32.0 Å². The summed E-state index contributed by atoms with van der Waals surface area (Å²) in [6, 6.07) is 13.0. The number of nitrogens with zero attached hydrogens (tertiary/aromatic N) is 2. The van der Waals surface area contributed by atoms with Crippen LogP contribution in [0.1, 0.15) is 39.0 Å². The highest BCUT2D eigenvalue weighted by Gasteiger charge is 2.24. The second-order valence-electron chi connectivity index (χ2n) is 8.60. The smallest absolute Gasteiger partial charge is 0.251 e. The first kappa shape index (κ1) is 25.5. The number of benzene rings is 2. The highest BCUT2D eigenvalue weighted by atomic mass is 16.5. The number of hydrogen-bond acceptors (Lipinski definition) is 8. The fourth-order valence-corrected chi connectivity index (χ4v) is 4.26. The lowest BCUT2D eigenvalue weighted by Crippen LogP contribution is -2.43. The third-order valence-electron chi connectivity index (χ3n) is 6.42. The van der Waals surface area contributed by atoms with Crippen molar-refractivity contribution in [2.24, 2.45) is 0 Å². The van der Waals surface area contributed by atoms with Gasteiger partial charge in [0.15, 0.2) is 11.5 Å². The summed E-state index contributed by atoms with van der Waals surface area (Å²) in [5, 5.41) is 7.04. The number of amides is 1. The molecule has 1 unspecified atom stereocenters. The standard InChI is InChI=1S/C27H33N3O6/c1-18-23(19(2)36-29-18)17-35-22-8-5-20(6-9-22)27(31)28-16-24(30-11-13-34-14-12-30)21-7-10-25(32-3)26(15-21)33-4/h5-10,15,24H,11-14,16-17H2,1-4H3,(H,28,31). The van der Waals surface area contributed by atoms with Crippen LogP contribution in [0.5, 0.6) is 17.2 Å². The number of carbonyl (C=O) groups is 1. The summed E-state index contributed by atoms with van der Waals surface area (Å²) in [7, 11) is 3.24. The molecule has 0 aliphatic carbocycles. The molecular formula is C27H33N3O6. The van der Waals surface area contributed by atoms with Crippen LogP contribution in [0.4, 0.5) is 0 Å². The molecule has 0 spiro atoms. The molecule has 0 bridgehead atoms. The van der Waals surface area contributed by atoms with Crippen LogP contribution in [-0.2, 0) is 11.3 Å². The summed E-state index contributed by atoms with van der Waals surface area (Å²) in [6.45, 7) is 7.43. The Labute approximate surface area is 211 Å². The van der Waals surface area contributed by atoms with Crippen molar-refractivity contribution in [3.63, 3.8) is 0 Å². The van der Waals surface area contributed by atoms with Gasteiger partial charge in [-0.1, -0.05) is 11.2 Å². The topological polar surface area (TPSA) is 95.3 Å². The second-order valence-corrected chi connectivity index (χ2v) is 8.60. The average Bonchev–Trinajstić information content (AvgIpc) is 3.24. The zero-order chi connectivity index (χ0) is 25.5. The first-order valence-corrected chi connectivity index (χ1v) is 12.0. The molecule has 3 aromatic rings. The maximum atomic E-state index is 13.0. The number of carbonyl (C=O) groups excluding carboxylic acids is 1. The van der Waals surface area contributed by atoms with Gasteiger partial charge < -0.3 is 28.8 Å². The number of aryl methyl sites for hydroxylation is 2. The van der Waals surface area contributed by atoms with Crippen LogP contribution in [0.3, 0.4) is 0 Å². The van der Waals surface area contributed by atoms with Crippen molar-refractivity contribution in [2.45, 2.75) is 26.5 Å². The van der Waals surface area contributed by atoms with Gasteiger partial charge in [-0.25, -0.2) is 0 Å². The van der Waals surface area contributed by atoms with Gasteiger partial charge in [-0.05, 0) is 55.8 Å². The molecule has 1 saturated heterocycles. The van der Waals surface area contributed by atoms with E-state index in [9.17, 15) is 4.79 Å². The van der Waals surface area contributed by atoms with E-state index >= 15 is 0 Å². The fourth-order valence-electron chi connectivity index (χ4n) is 4.26. The molecule has 9 nitrogen and oxygen atoms in total. The Bertz CT molecular complexity index is 1140. The van der Waals surface area contributed by atoms with Gasteiger partial charge in [0.05, 0.1) is 44.7 Å². The molecule has 1 aromatic heterocycles. The van der Waals surface area contributed by atoms with Crippen LogP contribution >= 0.6 is 0 Å². The average molecular weight is 496 g/mol. The van der Waals surface area contributed by atoms with Gasteiger partial charge in [-0.15, -0.1) is 0 Å². The molecule has 36 heavy (non-hydrogen) atoms. The van der Waals surface area contributed by atoms with Gasteiger partial charge in [0.2, 0.25) is 0 Å². The number of hydrogen-bond donors (Lipinski definition) is 1. The Balaban J connectivity index is 1.41. The fraction of sp³-hybridized carbons (Fsp3) is 0.407. The van der Waals surface area contributed by atoms with Crippen molar-refractivity contribution >= 4 is 5.91 Å². The molecule has 9 heteroatoms. The van der Waals surface area contributed by atoms with Crippen molar-refractivity contribution in [3.05, 3.63) is 70.6 Å². The Hall–Kier alpha value is -3.56. The number of methoxy groups -OCH3 is 2. The molecule has 1 N–H and O–H groups in total. The van der Waals surface area contributed by atoms with E-state index in [4.69, 9.17) is 23.5 Å². The van der Waals surface area contributed by atoms with Crippen LogP contribution in [-0.4, -0.2) is 63.0 Å². The third-order valence-corrected chi connectivity index (χ3v) is 6.42. The minimum Gasteiger partial charge on any atom is -0.493 e. The minimum absolute atomic E-state index is 0.0321. The minimum atomic E-state index is -0.147. The predicted molar refractivity (Wildman–Crippen MR) is 134 cm³/mol. The third kappa shape index (κ3) is 5.98. The summed E-state index contributed by atoms with van der Waals surface area (Å²) in [6.07, 6.45) is 0. The number of nitrogens with one attached hydrogen (secondary N) is 1. The van der Waals surface area contributed by atoms with Crippen molar-refractivity contribution < 1.29 is 28.3 Å². The van der Waals surface area contributed by atoms with Crippen LogP contribution in [0, 0.1) is 13.8 Å². The SMILES string of the molecule is COc1ccc(C(CNC(=O)c2ccc(OCc3c(C)noc3C)cc2)N2CCOCC2)cc1OC. The monoisotopic (exact) mass is 495 g/mol. The zero-order valence-electron chi connectivity index (χ0n) is 21.2. The van der Waals surface area contributed by atoms with Crippen LogP contribution in [0.15, 0.2) is 47.0 Å². The molecule has 2 heterocycles. The molecule has 0 radical (unpaired) electrons. The Morgan fingerprint density at radius 1 is 1.06 bits per heavy atom. The Morgan fingerprint density at radius 2 is 1.78 bits per heavy atom. The Morgan fingerprint density at radius 3 is 2.42 bits per heavy atom. The summed E-state index contributed by atoms with van der Waals surface area (Å²) in [5.41, 5.74) is 3.35. The van der Waals surface area contributed by atoms with Gasteiger partial charge in [-0.2, -0.15) is 0 Å². The van der Waals surface area contributed by atoms with Gasteiger partial charge in [0.25, 0.3) is 5.91 Å². The van der Waals surface area contributed by atoms with Crippen LogP contribution < -0.4 is 19.5 Å². The number of aromatic nitrogens is 1. The second kappa shape index (κ2) is 11.9. The molecule has 1 amide bonds. The van der Waals surface area contributed by atoms with Crippen LogP contribution in [0.2, 0.25) is 0 Å². The van der Waals surface area contributed by atoms with E-state index in [1.165, 1.54) is 0 Å². The van der Waals surface area contributed by atoms with Gasteiger partial charge >= 0.3 is 0 Å². The molecule has 192 valence electrons. The lowest BCUT2D eigenvalue weighted by molar-refractivity contribution is 0.0162. The van der Waals surface area contributed by atoms with E-state index in [1.54, 1.807) is 38.5 Å². The first-order valence-electron chi connectivity index (χ1n) is 12.0. The predicted octanol–water partition coefficient (Wildman–Crippen LogP) is 3.69. The quantitative estimate of drug-likeness (QED) is 0.455. The van der Waals surface area contributed by atoms with Crippen molar-refractivity contribution in [1.29, 1.82) is 0 Å². The van der Waals surface area contributed by atoms with Gasteiger partial charge in [0, 0.05) is 25.2 Å². The van der Waals surface area contributed by atoms with E-state index in [0.29, 0.717) is 49.2 Å². The van der Waals surface area contributed by atoms with E-state index in [-0.39, 0.29) is 11.9 Å². The summed E-state index contributed by atoms with van der Waals surface area (Å²) in [4.78, 5) is 15.3. The van der Waals surface area contributed by atoms with Crippen molar-refractivity contribution in [2.75, 3.05) is 47.1 Å². The normalized spacial score (nSPS) is 14.8. The molecule has 0 saturated carbocycles. The number of morpholine rings is 1. The molecule has 1 atom stereocenters.